The normalized spacial score (nSPS) is 11.0. The standard InChI is InChI=1S/C25H18F5N3O4/c1-32-22(20-18(27)11-17(36-2)12-19(20)28)21(24(35)33(32)15-5-3-4-14(26)10-15)31-23(34)13-6-8-16(9-7-13)37-25(29)30/h3-12,25H,1-2H3,(H,31,34). The van der Waals surface area contributed by atoms with E-state index in [1.165, 1.54) is 26.3 Å². The third-order valence-electron chi connectivity index (χ3n) is 5.39. The molecule has 1 heterocycles. The van der Waals surface area contributed by atoms with E-state index in [-0.39, 0.29) is 28.4 Å². The minimum absolute atomic E-state index is 0.0251. The molecule has 1 amide bonds. The van der Waals surface area contributed by atoms with Gasteiger partial charge in [-0.1, -0.05) is 6.07 Å². The number of anilines is 1. The highest BCUT2D eigenvalue weighted by atomic mass is 19.3. The minimum Gasteiger partial charge on any atom is -0.497 e. The fraction of sp³-hybridized carbons (Fsp3) is 0.120. The molecule has 0 atom stereocenters. The molecular weight excluding hydrogens is 501 g/mol. The number of nitrogens with zero attached hydrogens (tertiary/aromatic N) is 2. The molecule has 37 heavy (non-hydrogen) atoms. The molecule has 0 saturated heterocycles. The number of alkyl halides is 2. The van der Waals surface area contributed by atoms with E-state index in [9.17, 15) is 22.8 Å². The zero-order valence-electron chi connectivity index (χ0n) is 19.3. The Morgan fingerprint density at radius 1 is 0.946 bits per heavy atom. The lowest BCUT2D eigenvalue weighted by atomic mass is 10.1. The van der Waals surface area contributed by atoms with Crippen molar-refractivity contribution in [3.8, 4) is 28.4 Å². The van der Waals surface area contributed by atoms with Crippen molar-refractivity contribution < 1.29 is 36.2 Å². The highest BCUT2D eigenvalue weighted by Crippen LogP contribution is 2.34. The lowest BCUT2D eigenvalue weighted by Gasteiger charge is -2.13. The van der Waals surface area contributed by atoms with Crippen molar-refractivity contribution in [2.75, 3.05) is 12.4 Å². The molecule has 0 bridgehead atoms. The molecule has 0 aliphatic heterocycles. The van der Waals surface area contributed by atoms with Crippen LogP contribution in [-0.4, -0.2) is 29.0 Å². The minimum atomic E-state index is -3.07. The first-order valence-electron chi connectivity index (χ1n) is 10.6. The lowest BCUT2D eigenvalue weighted by Crippen LogP contribution is -2.23. The van der Waals surface area contributed by atoms with Crippen molar-refractivity contribution in [3.05, 3.63) is 94.0 Å². The molecule has 192 valence electrons. The van der Waals surface area contributed by atoms with E-state index in [0.29, 0.717) is 0 Å². The smallest absolute Gasteiger partial charge is 0.387 e. The number of amides is 1. The topological polar surface area (TPSA) is 74.5 Å². The number of rotatable bonds is 7. The van der Waals surface area contributed by atoms with Crippen LogP contribution in [-0.2, 0) is 7.05 Å². The van der Waals surface area contributed by atoms with Gasteiger partial charge in [0.15, 0.2) is 0 Å². The molecular formula is C25H18F5N3O4. The highest BCUT2D eigenvalue weighted by molar-refractivity contribution is 6.06. The molecule has 0 aliphatic carbocycles. The number of methoxy groups -OCH3 is 1. The van der Waals surface area contributed by atoms with E-state index in [1.807, 2.05) is 0 Å². The number of aromatic nitrogens is 2. The van der Waals surface area contributed by atoms with Crippen molar-refractivity contribution >= 4 is 11.6 Å². The fourth-order valence-electron chi connectivity index (χ4n) is 3.77. The Kier molecular flexibility index (Phi) is 7.00. The van der Waals surface area contributed by atoms with Crippen LogP contribution < -0.4 is 20.3 Å². The Balaban J connectivity index is 1.87. The Morgan fingerprint density at radius 3 is 2.16 bits per heavy atom. The van der Waals surface area contributed by atoms with Gasteiger partial charge in [0.2, 0.25) is 0 Å². The summed E-state index contributed by atoms with van der Waals surface area (Å²) in [5.74, 6) is -4.06. The summed E-state index contributed by atoms with van der Waals surface area (Å²) < 4.78 is 80.0. The zero-order valence-corrected chi connectivity index (χ0v) is 19.3. The predicted molar refractivity (Wildman–Crippen MR) is 124 cm³/mol. The first kappa shape index (κ1) is 25.5. The summed E-state index contributed by atoms with van der Waals surface area (Å²) in [4.78, 5) is 26.4. The molecule has 0 spiro atoms. The Labute approximate surface area is 206 Å². The number of ether oxygens (including phenoxy) is 2. The highest BCUT2D eigenvalue weighted by Gasteiger charge is 2.27. The molecule has 0 saturated carbocycles. The van der Waals surface area contributed by atoms with Crippen LogP contribution in [0.15, 0.2) is 65.5 Å². The van der Waals surface area contributed by atoms with Gasteiger partial charge in [-0.2, -0.15) is 8.78 Å². The second-order valence-corrected chi connectivity index (χ2v) is 7.67. The maximum absolute atomic E-state index is 15.1. The molecule has 3 aromatic carbocycles. The first-order valence-corrected chi connectivity index (χ1v) is 10.6. The average molecular weight is 519 g/mol. The molecule has 7 nitrogen and oxygen atoms in total. The van der Waals surface area contributed by atoms with Crippen LogP contribution in [0, 0.1) is 17.5 Å². The molecule has 1 N–H and O–H groups in total. The fourth-order valence-corrected chi connectivity index (χ4v) is 3.77. The number of carbonyl (C=O) groups is 1. The predicted octanol–water partition coefficient (Wildman–Crippen LogP) is 5.12. The number of carbonyl (C=O) groups excluding carboxylic acids is 1. The summed E-state index contributed by atoms with van der Waals surface area (Å²) in [7, 11) is 2.52. The van der Waals surface area contributed by atoms with Gasteiger partial charge in [-0.05, 0) is 42.5 Å². The molecule has 0 aliphatic rings. The van der Waals surface area contributed by atoms with E-state index in [4.69, 9.17) is 4.74 Å². The Hall–Kier alpha value is -4.61. The van der Waals surface area contributed by atoms with Crippen LogP contribution in [0.1, 0.15) is 10.4 Å². The third-order valence-corrected chi connectivity index (χ3v) is 5.39. The average Bonchev–Trinajstić information content (AvgIpc) is 3.07. The molecule has 0 fully saturated rings. The van der Waals surface area contributed by atoms with Crippen LogP contribution >= 0.6 is 0 Å². The van der Waals surface area contributed by atoms with E-state index in [1.54, 1.807) is 0 Å². The molecule has 4 aromatic rings. The monoisotopic (exact) mass is 519 g/mol. The summed E-state index contributed by atoms with van der Waals surface area (Å²) in [5.41, 5.74) is -2.46. The van der Waals surface area contributed by atoms with Crippen LogP contribution in [0.25, 0.3) is 16.9 Å². The second-order valence-electron chi connectivity index (χ2n) is 7.67. The van der Waals surface area contributed by atoms with Crippen molar-refractivity contribution in [1.82, 2.24) is 9.36 Å². The third kappa shape index (κ3) is 5.03. The van der Waals surface area contributed by atoms with Crippen molar-refractivity contribution in [2.24, 2.45) is 7.05 Å². The molecule has 0 unspecified atom stereocenters. The maximum Gasteiger partial charge on any atom is 0.387 e. The molecule has 0 radical (unpaired) electrons. The van der Waals surface area contributed by atoms with Gasteiger partial charge in [-0.3, -0.25) is 14.3 Å². The van der Waals surface area contributed by atoms with Gasteiger partial charge in [-0.15, -0.1) is 0 Å². The van der Waals surface area contributed by atoms with Crippen molar-refractivity contribution in [3.63, 3.8) is 0 Å². The first-order chi connectivity index (χ1) is 17.6. The molecule has 4 rings (SSSR count). The van der Waals surface area contributed by atoms with Gasteiger partial charge in [0, 0.05) is 24.7 Å². The number of hydrogen-bond donors (Lipinski definition) is 1. The van der Waals surface area contributed by atoms with E-state index in [0.717, 1.165) is 57.9 Å². The summed E-state index contributed by atoms with van der Waals surface area (Å²) in [5, 5.41) is 2.34. The van der Waals surface area contributed by atoms with E-state index < -0.39 is 46.8 Å². The number of nitrogens with one attached hydrogen (secondary N) is 1. The van der Waals surface area contributed by atoms with Gasteiger partial charge in [0.25, 0.3) is 11.5 Å². The van der Waals surface area contributed by atoms with Crippen molar-refractivity contribution in [1.29, 1.82) is 0 Å². The quantitative estimate of drug-likeness (QED) is 0.344. The molecule has 1 aromatic heterocycles. The summed E-state index contributed by atoms with van der Waals surface area (Å²) in [6, 6.07) is 11.2. The Morgan fingerprint density at radius 2 is 1.59 bits per heavy atom. The van der Waals surface area contributed by atoms with E-state index >= 15 is 8.78 Å². The van der Waals surface area contributed by atoms with Gasteiger partial charge in [0.1, 0.15) is 40.3 Å². The molecule has 12 heteroatoms. The van der Waals surface area contributed by atoms with Gasteiger partial charge >= 0.3 is 6.61 Å². The number of halogens is 5. The summed E-state index contributed by atoms with van der Waals surface area (Å²) in [6.45, 7) is -3.07. The lowest BCUT2D eigenvalue weighted by molar-refractivity contribution is -0.0498. The van der Waals surface area contributed by atoms with Crippen molar-refractivity contribution in [2.45, 2.75) is 6.61 Å². The van der Waals surface area contributed by atoms with Crippen LogP contribution in [0.5, 0.6) is 11.5 Å². The van der Waals surface area contributed by atoms with Crippen LogP contribution in [0.3, 0.4) is 0 Å². The SMILES string of the molecule is COc1cc(F)c(-c2c(NC(=O)c3ccc(OC(F)F)cc3)c(=O)n(-c3cccc(F)c3)n2C)c(F)c1. The summed E-state index contributed by atoms with van der Waals surface area (Å²) >= 11 is 0. The summed E-state index contributed by atoms with van der Waals surface area (Å²) in [6.07, 6.45) is 0. The number of benzene rings is 3. The van der Waals surface area contributed by atoms with Crippen LogP contribution in [0.2, 0.25) is 0 Å². The largest absolute Gasteiger partial charge is 0.497 e. The van der Waals surface area contributed by atoms with E-state index in [2.05, 4.69) is 10.1 Å². The zero-order chi connectivity index (χ0) is 26.9. The van der Waals surface area contributed by atoms with Crippen LogP contribution in [0.4, 0.5) is 27.6 Å². The van der Waals surface area contributed by atoms with Gasteiger partial charge < -0.3 is 14.8 Å². The maximum atomic E-state index is 15.1. The van der Waals surface area contributed by atoms with Gasteiger partial charge in [-0.25, -0.2) is 17.9 Å². The van der Waals surface area contributed by atoms with Gasteiger partial charge in [0.05, 0.1) is 18.4 Å². The Bertz CT molecular complexity index is 1510. The number of hydrogen-bond acceptors (Lipinski definition) is 4. The second kappa shape index (κ2) is 10.2.